The minimum absolute atomic E-state index is 0.204. The van der Waals surface area contributed by atoms with Crippen LogP contribution < -0.4 is 9.64 Å². The van der Waals surface area contributed by atoms with Crippen molar-refractivity contribution in [1.82, 2.24) is 19.9 Å². The second-order valence-corrected chi connectivity index (χ2v) is 6.40. The summed E-state index contributed by atoms with van der Waals surface area (Å²) < 4.78 is 5.43. The third kappa shape index (κ3) is 3.91. The quantitative estimate of drug-likeness (QED) is 0.824. The molecule has 1 aliphatic rings. The Bertz CT molecular complexity index is 758. The number of amides is 1. The number of likely N-dealkylation sites (N-methyl/N-ethyl adjacent to an activating group) is 1. The highest BCUT2D eigenvalue weighted by Gasteiger charge is 2.39. The monoisotopic (exact) mass is 357 g/mol. The van der Waals surface area contributed by atoms with Crippen molar-refractivity contribution in [3.05, 3.63) is 42.4 Å². The van der Waals surface area contributed by atoms with Crippen LogP contribution in [-0.2, 0) is 0 Å². The molecule has 1 amide bonds. The van der Waals surface area contributed by atoms with Gasteiger partial charge in [-0.15, -0.1) is 0 Å². The highest BCUT2D eigenvalue weighted by Crippen LogP contribution is 2.26. The number of pyridine rings is 1. The Kier molecular flexibility index (Phi) is 5.32. The van der Waals surface area contributed by atoms with E-state index in [1.165, 1.54) is 4.90 Å². The smallest absolute Gasteiger partial charge is 0.259 e. The van der Waals surface area contributed by atoms with Crippen molar-refractivity contribution in [2.45, 2.75) is 18.9 Å². The van der Waals surface area contributed by atoms with Gasteiger partial charge in [0.25, 0.3) is 5.91 Å². The Morgan fingerprint density at radius 3 is 2.77 bits per heavy atom. The molecule has 8 heteroatoms. The van der Waals surface area contributed by atoms with E-state index in [1.807, 2.05) is 11.8 Å². The molecule has 2 aromatic rings. The number of nitrogens with zero attached hydrogens (tertiary/aromatic N) is 5. The summed E-state index contributed by atoms with van der Waals surface area (Å²) in [5, 5.41) is 10.9. The molecule has 8 nitrogen and oxygen atoms in total. The second-order valence-electron chi connectivity index (χ2n) is 6.40. The van der Waals surface area contributed by atoms with Crippen molar-refractivity contribution in [3.8, 4) is 5.88 Å². The van der Waals surface area contributed by atoms with Crippen LogP contribution in [0.25, 0.3) is 0 Å². The molecule has 138 valence electrons. The zero-order valence-electron chi connectivity index (χ0n) is 15.0. The van der Waals surface area contributed by atoms with Crippen LogP contribution in [0.15, 0.2) is 36.8 Å². The molecule has 1 N–H and O–H groups in total. The van der Waals surface area contributed by atoms with E-state index >= 15 is 0 Å². The SMILES string of the molecule is CCOc1ncccc1C(=O)N(C)CC1(O)CCN(c2ncccn2)C1. The van der Waals surface area contributed by atoms with Crippen LogP contribution in [0.4, 0.5) is 5.95 Å². The maximum absolute atomic E-state index is 12.8. The Hall–Kier alpha value is -2.74. The molecule has 1 saturated heterocycles. The summed E-state index contributed by atoms with van der Waals surface area (Å²) in [5.74, 6) is 0.664. The molecule has 26 heavy (non-hydrogen) atoms. The summed E-state index contributed by atoms with van der Waals surface area (Å²) in [4.78, 5) is 28.8. The lowest BCUT2D eigenvalue weighted by Crippen LogP contribution is -2.46. The van der Waals surface area contributed by atoms with Crippen LogP contribution in [0.2, 0.25) is 0 Å². The normalized spacial score (nSPS) is 19.4. The Balaban J connectivity index is 1.68. The summed E-state index contributed by atoms with van der Waals surface area (Å²) >= 11 is 0. The molecule has 1 unspecified atom stereocenters. The Morgan fingerprint density at radius 1 is 1.31 bits per heavy atom. The molecule has 3 rings (SSSR count). The number of carbonyl (C=O) groups excluding carboxylic acids is 1. The van der Waals surface area contributed by atoms with Gasteiger partial charge in [0, 0.05) is 32.2 Å². The van der Waals surface area contributed by atoms with Gasteiger partial charge in [0.05, 0.1) is 19.7 Å². The van der Waals surface area contributed by atoms with Gasteiger partial charge in [-0.05, 0) is 31.5 Å². The van der Waals surface area contributed by atoms with Gasteiger partial charge in [-0.25, -0.2) is 15.0 Å². The summed E-state index contributed by atoms with van der Waals surface area (Å²) in [6.45, 7) is 3.49. The lowest BCUT2D eigenvalue weighted by molar-refractivity contribution is 0.0262. The predicted octanol–water partition coefficient (Wildman–Crippen LogP) is 0.984. The van der Waals surface area contributed by atoms with Gasteiger partial charge < -0.3 is 19.6 Å². The van der Waals surface area contributed by atoms with Gasteiger partial charge in [-0.1, -0.05) is 0 Å². The summed E-state index contributed by atoms with van der Waals surface area (Å²) in [7, 11) is 1.67. The number of anilines is 1. The molecule has 2 aromatic heterocycles. The summed E-state index contributed by atoms with van der Waals surface area (Å²) in [6.07, 6.45) is 5.47. The molecule has 1 fully saturated rings. The van der Waals surface area contributed by atoms with Gasteiger partial charge in [0.15, 0.2) is 0 Å². The van der Waals surface area contributed by atoms with E-state index in [9.17, 15) is 9.90 Å². The predicted molar refractivity (Wildman–Crippen MR) is 96.2 cm³/mol. The number of hydrogen-bond acceptors (Lipinski definition) is 7. The van der Waals surface area contributed by atoms with Crippen molar-refractivity contribution < 1.29 is 14.6 Å². The molecule has 3 heterocycles. The molecular weight excluding hydrogens is 334 g/mol. The maximum Gasteiger partial charge on any atom is 0.259 e. The first-order valence-corrected chi connectivity index (χ1v) is 8.60. The zero-order valence-corrected chi connectivity index (χ0v) is 15.0. The van der Waals surface area contributed by atoms with Crippen molar-refractivity contribution in [2.75, 3.05) is 38.2 Å². The molecule has 0 spiro atoms. The van der Waals surface area contributed by atoms with E-state index in [1.54, 1.807) is 43.8 Å². The van der Waals surface area contributed by atoms with Crippen LogP contribution in [0.1, 0.15) is 23.7 Å². The fraction of sp³-hybridized carbons (Fsp3) is 0.444. The lowest BCUT2D eigenvalue weighted by atomic mass is 10.0. The highest BCUT2D eigenvalue weighted by atomic mass is 16.5. The Labute approximate surface area is 152 Å². The molecule has 0 bridgehead atoms. The average Bonchev–Trinajstić information content (AvgIpc) is 3.04. The van der Waals surface area contributed by atoms with Crippen molar-refractivity contribution in [3.63, 3.8) is 0 Å². The Morgan fingerprint density at radius 2 is 2.04 bits per heavy atom. The topological polar surface area (TPSA) is 91.7 Å². The van der Waals surface area contributed by atoms with E-state index < -0.39 is 5.60 Å². The fourth-order valence-corrected chi connectivity index (χ4v) is 3.13. The van der Waals surface area contributed by atoms with Crippen molar-refractivity contribution in [2.24, 2.45) is 0 Å². The van der Waals surface area contributed by atoms with Crippen LogP contribution >= 0.6 is 0 Å². The number of aliphatic hydroxyl groups is 1. The van der Waals surface area contributed by atoms with Crippen LogP contribution in [0.5, 0.6) is 5.88 Å². The van der Waals surface area contributed by atoms with Crippen molar-refractivity contribution in [1.29, 1.82) is 0 Å². The molecule has 0 aliphatic carbocycles. The molecule has 0 radical (unpaired) electrons. The molecular formula is C18H23N5O3. The summed E-state index contributed by atoms with van der Waals surface area (Å²) in [5.41, 5.74) is -0.626. The first-order chi connectivity index (χ1) is 12.5. The average molecular weight is 357 g/mol. The van der Waals surface area contributed by atoms with E-state index in [0.29, 0.717) is 43.5 Å². The maximum atomic E-state index is 12.8. The van der Waals surface area contributed by atoms with Gasteiger partial charge in [-0.2, -0.15) is 0 Å². The second kappa shape index (κ2) is 7.65. The lowest BCUT2D eigenvalue weighted by Gasteiger charge is -2.29. The largest absolute Gasteiger partial charge is 0.477 e. The third-order valence-corrected chi connectivity index (χ3v) is 4.33. The number of ether oxygens (including phenoxy) is 1. The number of hydrogen-bond donors (Lipinski definition) is 1. The van der Waals surface area contributed by atoms with Gasteiger partial charge >= 0.3 is 0 Å². The first-order valence-electron chi connectivity index (χ1n) is 8.60. The molecule has 1 aliphatic heterocycles. The zero-order chi connectivity index (χ0) is 18.6. The molecule has 0 aromatic carbocycles. The van der Waals surface area contributed by atoms with E-state index in [2.05, 4.69) is 15.0 Å². The van der Waals surface area contributed by atoms with Gasteiger partial charge in [0.1, 0.15) is 11.2 Å². The minimum Gasteiger partial charge on any atom is -0.477 e. The minimum atomic E-state index is -1.02. The standard InChI is InChI=1S/C18H23N5O3/c1-3-26-15-14(6-4-8-19-15)16(24)22(2)12-18(25)7-11-23(13-18)17-20-9-5-10-21-17/h4-6,8-10,25H,3,7,11-13H2,1-2H3. The summed E-state index contributed by atoms with van der Waals surface area (Å²) in [6, 6.07) is 5.13. The highest BCUT2D eigenvalue weighted by molar-refractivity contribution is 5.96. The van der Waals surface area contributed by atoms with E-state index in [4.69, 9.17) is 4.74 Å². The first kappa shape index (κ1) is 18.1. The number of rotatable bonds is 6. The van der Waals surface area contributed by atoms with E-state index in [-0.39, 0.29) is 12.5 Å². The number of carbonyl (C=O) groups is 1. The van der Waals surface area contributed by atoms with Gasteiger partial charge in [-0.3, -0.25) is 4.79 Å². The molecule has 1 atom stereocenters. The van der Waals surface area contributed by atoms with Crippen LogP contribution in [0.3, 0.4) is 0 Å². The molecule has 0 saturated carbocycles. The van der Waals surface area contributed by atoms with Crippen molar-refractivity contribution >= 4 is 11.9 Å². The van der Waals surface area contributed by atoms with Gasteiger partial charge in [0.2, 0.25) is 11.8 Å². The van der Waals surface area contributed by atoms with Crippen LogP contribution in [-0.4, -0.2) is 69.8 Å². The number of aromatic nitrogens is 3. The van der Waals surface area contributed by atoms with E-state index in [0.717, 1.165) is 0 Å². The fourth-order valence-electron chi connectivity index (χ4n) is 3.13. The number of β-amino-alcohol motifs (C(OH)–C–C–N with tert-alkyl or cyclic N) is 1. The van der Waals surface area contributed by atoms with Crippen LogP contribution in [0, 0.1) is 0 Å². The third-order valence-electron chi connectivity index (χ3n) is 4.33.